The smallest absolute Gasteiger partial charge is 0.248 e. The van der Waals surface area contributed by atoms with E-state index in [0.29, 0.717) is 28.2 Å². The number of nitrogens with zero attached hydrogens (tertiary/aromatic N) is 3. The summed E-state index contributed by atoms with van der Waals surface area (Å²) in [6, 6.07) is 10.7. The molecule has 0 saturated carbocycles. The second kappa shape index (κ2) is 7.01. The van der Waals surface area contributed by atoms with Gasteiger partial charge in [-0.15, -0.1) is 0 Å². The van der Waals surface area contributed by atoms with E-state index in [4.69, 9.17) is 26.8 Å². The predicted octanol–water partition coefficient (Wildman–Crippen LogP) is 3.65. The molecule has 122 valence electrons. The average Bonchev–Trinajstić information content (AvgIpc) is 2.61. The zero-order valence-electron chi connectivity index (χ0n) is 12.7. The molecule has 0 amide bonds. The van der Waals surface area contributed by atoms with Gasteiger partial charge >= 0.3 is 0 Å². The van der Waals surface area contributed by atoms with Gasteiger partial charge in [0.2, 0.25) is 5.88 Å². The van der Waals surface area contributed by atoms with Crippen LogP contribution in [0.15, 0.2) is 48.9 Å². The third-order valence-electron chi connectivity index (χ3n) is 3.14. The van der Waals surface area contributed by atoms with Crippen LogP contribution < -0.4 is 20.5 Å². The lowest BCUT2D eigenvalue weighted by Gasteiger charge is -2.13. The van der Waals surface area contributed by atoms with Crippen molar-refractivity contribution in [1.29, 1.82) is 0 Å². The summed E-state index contributed by atoms with van der Waals surface area (Å²) in [7, 11) is 1.56. The number of nitrogen functional groups attached to an aromatic ring is 1. The Morgan fingerprint density at radius 2 is 1.83 bits per heavy atom. The Balaban J connectivity index is 1.90. The number of nitrogens with one attached hydrogen (secondary N) is 1. The second-order valence-electron chi connectivity index (χ2n) is 4.66. The Morgan fingerprint density at radius 3 is 2.58 bits per heavy atom. The monoisotopic (exact) mass is 343 g/mol. The van der Waals surface area contributed by atoms with E-state index >= 15 is 0 Å². The average molecular weight is 344 g/mol. The number of nitrogens with two attached hydrogens (primary N) is 1. The summed E-state index contributed by atoms with van der Waals surface area (Å²) in [4.78, 5) is 12.2. The van der Waals surface area contributed by atoms with Crippen LogP contribution in [0.3, 0.4) is 0 Å². The lowest BCUT2D eigenvalue weighted by Crippen LogP contribution is -2.04. The Bertz CT molecular complexity index is 859. The van der Waals surface area contributed by atoms with Gasteiger partial charge in [0, 0.05) is 6.20 Å². The van der Waals surface area contributed by atoms with Crippen LogP contribution in [0.5, 0.6) is 17.4 Å². The van der Waals surface area contributed by atoms with Gasteiger partial charge < -0.3 is 20.5 Å². The van der Waals surface area contributed by atoms with Crippen molar-refractivity contribution in [3.8, 4) is 17.4 Å². The molecule has 7 nitrogen and oxygen atoms in total. The lowest BCUT2D eigenvalue weighted by molar-refractivity contribution is 0.374. The number of hydrogen-bond acceptors (Lipinski definition) is 7. The van der Waals surface area contributed by atoms with E-state index in [0.717, 1.165) is 0 Å². The molecule has 2 heterocycles. The fraction of sp³-hybridized carbons (Fsp3) is 0.0625. The van der Waals surface area contributed by atoms with E-state index in [1.165, 1.54) is 6.33 Å². The minimum atomic E-state index is 0.206. The van der Waals surface area contributed by atoms with Gasteiger partial charge in [-0.05, 0) is 24.3 Å². The zero-order valence-corrected chi connectivity index (χ0v) is 13.5. The van der Waals surface area contributed by atoms with Gasteiger partial charge in [0.1, 0.15) is 12.0 Å². The standard InChI is InChI=1S/C16H14ClN5O2/c1-23-11-6-2-3-7-12(11)24-16-13(18)15(20-9-21-16)22-10-5-4-8-19-14(10)17/h2-9H,18H2,1H3,(H,20,21,22). The molecule has 0 spiro atoms. The summed E-state index contributed by atoms with van der Waals surface area (Å²) < 4.78 is 11.0. The molecule has 8 heteroatoms. The Labute approximate surface area is 143 Å². The van der Waals surface area contributed by atoms with E-state index in [1.807, 2.05) is 12.1 Å². The number of ether oxygens (including phenoxy) is 2. The molecule has 3 rings (SSSR count). The van der Waals surface area contributed by atoms with E-state index < -0.39 is 0 Å². The molecule has 0 aliphatic rings. The van der Waals surface area contributed by atoms with Crippen LogP contribution in [-0.2, 0) is 0 Å². The molecule has 2 aromatic heterocycles. The van der Waals surface area contributed by atoms with E-state index in [1.54, 1.807) is 37.6 Å². The molecular formula is C16H14ClN5O2. The molecule has 0 bridgehead atoms. The molecule has 3 N–H and O–H groups in total. The molecule has 0 saturated heterocycles. The number of anilines is 3. The highest BCUT2D eigenvalue weighted by Gasteiger charge is 2.13. The van der Waals surface area contributed by atoms with Crippen molar-refractivity contribution < 1.29 is 9.47 Å². The van der Waals surface area contributed by atoms with E-state index in [-0.39, 0.29) is 11.6 Å². The second-order valence-corrected chi connectivity index (χ2v) is 5.02. The summed E-state index contributed by atoms with van der Waals surface area (Å²) >= 11 is 6.03. The van der Waals surface area contributed by atoms with Crippen LogP contribution >= 0.6 is 11.6 Å². The van der Waals surface area contributed by atoms with Gasteiger partial charge in [0.25, 0.3) is 0 Å². The van der Waals surface area contributed by atoms with Crippen molar-refractivity contribution in [1.82, 2.24) is 15.0 Å². The molecule has 0 radical (unpaired) electrons. The molecule has 0 fully saturated rings. The number of rotatable bonds is 5. The normalized spacial score (nSPS) is 10.2. The topological polar surface area (TPSA) is 95.2 Å². The molecule has 0 atom stereocenters. The third kappa shape index (κ3) is 3.31. The molecular weight excluding hydrogens is 330 g/mol. The van der Waals surface area contributed by atoms with E-state index in [2.05, 4.69) is 20.3 Å². The van der Waals surface area contributed by atoms with Gasteiger partial charge in [-0.25, -0.2) is 9.97 Å². The SMILES string of the molecule is COc1ccccc1Oc1ncnc(Nc2cccnc2Cl)c1N. The summed E-state index contributed by atoms with van der Waals surface area (Å²) in [5.41, 5.74) is 6.92. The number of benzene rings is 1. The third-order valence-corrected chi connectivity index (χ3v) is 3.44. The van der Waals surface area contributed by atoms with Gasteiger partial charge in [0.15, 0.2) is 22.5 Å². The van der Waals surface area contributed by atoms with Gasteiger partial charge in [-0.1, -0.05) is 23.7 Å². The van der Waals surface area contributed by atoms with Crippen LogP contribution in [0.1, 0.15) is 0 Å². The van der Waals surface area contributed by atoms with Gasteiger partial charge in [-0.2, -0.15) is 4.98 Å². The highest BCUT2D eigenvalue weighted by molar-refractivity contribution is 6.32. The first-order valence-electron chi connectivity index (χ1n) is 6.98. The summed E-state index contributed by atoms with van der Waals surface area (Å²) in [6.45, 7) is 0. The Hall–Kier alpha value is -3.06. The highest BCUT2D eigenvalue weighted by atomic mass is 35.5. The maximum absolute atomic E-state index is 6.10. The lowest BCUT2D eigenvalue weighted by atomic mass is 10.3. The maximum atomic E-state index is 6.10. The van der Waals surface area contributed by atoms with Crippen molar-refractivity contribution in [2.45, 2.75) is 0 Å². The molecule has 0 aliphatic carbocycles. The first-order valence-corrected chi connectivity index (χ1v) is 7.35. The van der Waals surface area contributed by atoms with Gasteiger partial charge in [0.05, 0.1) is 12.8 Å². The van der Waals surface area contributed by atoms with Crippen molar-refractivity contribution in [3.63, 3.8) is 0 Å². The van der Waals surface area contributed by atoms with Crippen LogP contribution in [-0.4, -0.2) is 22.1 Å². The molecule has 1 aromatic carbocycles. The fourth-order valence-electron chi connectivity index (χ4n) is 1.97. The molecule has 24 heavy (non-hydrogen) atoms. The Morgan fingerprint density at radius 1 is 1.04 bits per heavy atom. The van der Waals surface area contributed by atoms with Crippen molar-refractivity contribution >= 4 is 28.8 Å². The summed E-state index contributed by atoms with van der Waals surface area (Å²) in [5.74, 6) is 1.64. The predicted molar refractivity (Wildman–Crippen MR) is 92.0 cm³/mol. The summed E-state index contributed by atoms with van der Waals surface area (Å²) in [6.07, 6.45) is 2.93. The number of halogens is 1. The van der Waals surface area contributed by atoms with Crippen LogP contribution in [0, 0.1) is 0 Å². The van der Waals surface area contributed by atoms with Crippen LogP contribution in [0.25, 0.3) is 0 Å². The first-order chi connectivity index (χ1) is 11.7. The van der Waals surface area contributed by atoms with Crippen LogP contribution in [0.2, 0.25) is 5.15 Å². The zero-order chi connectivity index (χ0) is 16.9. The van der Waals surface area contributed by atoms with Crippen molar-refractivity contribution in [2.24, 2.45) is 0 Å². The molecule has 0 aliphatic heterocycles. The number of methoxy groups -OCH3 is 1. The maximum Gasteiger partial charge on any atom is 0.248 e. The molecule has 0 unspecified atom stereocenters. The number of hydrogen-bond donors (Lipinski definition) is 2. The first kappa shape index (κ1) is 15.8. The fourth-order valence-corrected chi connectivity index (χ4v) is 2.14. The number of aromatic nitrogens is 3. The minimum Gasteiger partial charge on any atom is -0.493 e. The van der Waals surface area contributed by atoms with E-state index in [9.17, 15) is 0 Å². The van der Waals surface area contributed by atoms with Gasteiger partial charge in [-0.3, -0.25) is 0 Å². The number of para-hydroxylation sites is 2. The quantitative estimate of drug-likeness (QED) is 0.682. The largest absolute Gasteiger partial charge is 0.493 e. The minimum absolute atomic E-state index is 0.206. The summed E-state index contributed by atoms with van der Waals surface area (Å²) in [5, 5.41) is 3.32. The highest BCUT2D eigenvalue weighted by Crippen LogP contribution is 2.35. The van der Waals surface area contributed by atoms with Crippen molar-refractivity contribution in [2.75, 3.05) is 18.2 Å². The Kier molecular flexibility index (Phi) is 4.62. The number of pyridine rings is 1. The molecule has 3 aromatic rings. The van der Waals surface area contributed by atoms with Crippen LogP contribution in [0.4, 0.5) is 17.2 Å². The van der Waals surface area contributed by atoms with Crippen molar-refractivity contribution in [3.05, 3.63) is 54.1 Å².